The Labute approximate surface area is 195 Å². The van der Waals surface area contributed by atoms with E-state index in [9.17, 15) is 29.8 Å². The lowest BCUT2D eigenvalue weighted by Crippen LogP contribution is -2.01. The number of nitrogens with zero attached hydrogens (tertiary/aromatic N) is 2. The minimum absolute atomic E-state index is 0.114. The highest BCUT2D eigenvalue weighted by atomic mass is 16.6. The highest BCUT2D eigenvalue weighted by Gasteiger charge is 2.10. The lowest BCUT2D eigenvalue weighted by Gasteiger charge is -1.97. The van der Waals surface area contributed by atoms with E-state index in [1.165, 1.54) is 48.5 Å². The first-order chi connectivity index (χ1) is 16.4. The second kappa shape index (κ2) is 13.7. The van der Waals surface area contributed by atoms with Crippen molar-refractivity contribution in [3.8, 4) is 24.1 Å². The quantitative estimate of drug-likeness (QED) is 0.170. The van der Waals surface area contributed by atoms with E-state index in [1.807, 2.05) is 0 Å². The molecule has 2 aromatic rings. The van der Waals surface area contributed by atoms with E-state index >= 15 is 0 Å². The summed E-state index contributed by atoms with van der Waals surface area (Å²) in [7, 11) is 0. The molecule has 34 heavy (non-hydrogen) atoms. The van der Waals surface area contributed by atoms with Crippen LogP contribution in [0.1, 0.15) is 59.2 Å². The largest absolute Gasteiger partial charge is 0.369 e. The summed E-state index contributed by atoms with van der Waals surface area (Å²) < 4.78 is 9.62. The molecule has 0 aliphatic carbocycles. The van der Waals surface area contributed by atoms with Gasteiger partial charge in [0, 0.05) is 37.1 Å². The van der Waals surface area contributed by atoms with Crippen molar-refractivity contribution in [3.63, 3.8) is 0 Å². The second-order valence-electron chi connectivity index (χ2n) is 6.86. The first-order valence-electron chi connectivity index (χ1n) is 10.3. The summed E-state index contributed by atoms with van der Waals surface area (Å²) in [5.41, 5.74) is 0.132. The fourth-order valence-electron chi connectivity index (χ4n) is 2.60. The first-order valence-corrected chi connectivity index (χ1v) is 10.3. The topological polar surface area (TPSA) is 139 Å². The molecule has 0 saturated heterocycles. The van der Waals surface area contributed by atoms with Crippen molar-refractivity contribution in [1.82, 2.24) is 0 Å². The summed E-state index contributed by atoms with van der Waals surface area (Å²) in [6.45, 7) is 0. The molecule has 0 amide bonds. The average Bonchev–Trinajstić information content (AvgIpc) is 2.84. The predicted octanol–water partition coefficient (Wildman–Crippen LogP) is 4.78. The molecule has 0 unspecified atom stereocenters. The SMILES string of the molecule is O=C(OC#CCCCCCCC#COC(=O)c1ccc([N+](=O)[O-])cc1)c1ccc([N+](=O)[O-])cc1. The van der Waals surface area contributed by atoms with Gasteiger partial charge in [0.15, 0.2) is 0 Å². The Morgan fingerprint density at radius 2 is 1.00 bits per heavy atom. The molecule has 0 aliphatic heterocycles. The summed E-state index contributed by atoms with van der Waals surface area (Å²) in [6.07, 6.45) is 9.18. The summed E-state index contributed by atoms with van der Waals surface area (Å²) >= 11 is 0. The standard InChI is InChI=1S/C24H20N2O8/c27-23(19-9-13-21(14-10-19)25(29)30)33-17-7-5-3-1-2-4-6-8-18-34-24(28)20-11-15-22(16-12-20)26(31)32/h9-16H,1-6H2. The normalized spacial score (nSPS) is 9.53. The maximum atomic E-state index is 11.8. The van der Waals surface area contributed by atoms with Gasteiger partial charge in [-0.05, 0) is 37.1 Å². The maximum absolute atomic E-state index is 11.8. The van der Waals surface area contributed by atoms with Crippen LogP contribution in [0, 0.1) is 44.3 Å². The number of esters is 2. The van der Waals surface area contributed by atoms with Crippen LogP contribution in [0.15, 0.2) is 48.5 Å². The van der Waals surface area contributed by atoms with Crippen molar-refractivity contribution in [2.75, 3.05) is 0 Å². The van der Waals surface area contributed by atoms with E-state index in [4.69, 9.17) is 9.47 Å². The van der Waals surface area contributed by atoms with E-state index in [0.29, 0.717) is 12.8 Å². The molecule has 0 bridgehead atoms. The molecule has 0 aliphatic rings. The van der Waals surface area contributed by atoms with E-state index in [-0.39, 0.29) is 22.5 Å². The van der Waals surface area contributed by atoms with Crippen LogP contribution < -0.4 is 0 Å². The Hall–Kier alpha value is -4.70. The second-order valence-corrected chi connectivity index (χ2v) is 6.86. The first kappa shape index (κ1) is 25.6. The molecule has 0 atom stereocenters. The minimum atomic E-state index is -0.671. The molecule has 0 spiro atoms. The van der Waals surface area contributed by atoms with Gasteiger partial charge in [-0.3, -0.25) is 20.2 Å². The number of ether oxygens (including phenoxy) is 2. The number of non-ortho nitro benzene ring substituents is 2. The number of nitro benzene ring substituents is 2. The fraction of sp³-hybridized carbons (Fsp3) is 0.250. The summed E-state index contributed by atoms with van der Waals surface area (Å²) in [4.78, 5) is 43.6. The van der Waals surface area contributed by atoms with Gasteiger partial charge in [0.1, 0.15) is 12.2 Å². The summed E-state index contributed by atoms with van der Waals surface area (Å²) in [6, 6.07) is 10.1. The Kier molecular flexibility index (Phi) is 10.3. The number of nitro groups is 2. The van der Waals surface area contributed by atoms with Crippen LogP contribution in [0.2, 0.25) is 0 Å². The van der Waals surface area contributed by atoms with Crippen molar-refractivity contribution in [3.05, 3.63) is 79.9 Å². The van der Waals surface area contributed by atoms with Crippen LogP contribution in [0.25, 0.3) is 0 Å². The predicted molar refractivity (Wildman–Crippen MR) is 120 cm³/mol. The number of carbonyl (C=O) groups excluding carboxylic acids is 2. The average molecular weight is 464 g/mol. The summed E-state index contributed by atoms with van der Waals surface area (Å²) in [5, 5.41) is 21.2. The van der Waals surface area contributed by atoms with E-state index in [1.54, 1.807) is 0 Å². The van der Waals surface area contributed by atoms with Crippen molar-refractivity contribution >= 4 is 23.3 Å². The van der Waals surface area contributed by atoms with Gasteiger partial charge in [-0.2, -0.15) is 0 Å². The highest BCUT2D eigenvalue weighted by molar-refractivity contribution is 5.90. The zero-order chi connectivity index (χ0) is 24.8. The molecule has 0 fully saturated rings. The lowest BCUT2D eigenvalue weighted by molar-refractivity contribution is -0.385. The Morgan fingerprint density at radius 3 is 1.32 bits per heavy atom. The van der Waals surface area contributed by atoms with E-state index in [0.717, 1.165) is 25.7 Å². The smallest absolute Gasteiger partial charge is 0.352 e. The fourth-order valence-corrected chi connectivity index (χ4v) is 2.60. The van der Waals surface area contributed by atoms with Gasteiger partial charge in [-0.15, -0.1) is 0 Å². The molecule has 0 N–H and O–H groups in total. The van der Waals surface area contributed by atoms with Crippen LogP contribution in [-0.4, -0.2) is 21.8 Å². The van der Waals surface area contributed by atoms with Gasteiger partial charge in [0.2, 0.25) is 0 Å². The van der Waals surface area contributed by atoms with Crippen molar-refractivity contribution in [2.24, 2.45) is 0 Å². The van der Waals surface area contributed by atoms with Crippen LogP contribution in [0.4, 0.5) is 11.4 Å². The monoisotopic (exact) mass is 464 g/mol. The number of unbranched alkanes of at least 4 members (excludes halogenated alkanes) is 5. The van der Waals surface area contributed by atoms with Gasteiger partial charge in [0.05, 0.1) is 21.0 Å². The Bertz CT molecular complexity index is 1060. The number of benzene rings is 2. The molecule has 10 nitrogen and oxygen atoms in total. The molecule has 0 aromatic heterocycles. The zero-order valence-corrected chi connectivity index (χ0v) is 18.0. The van der Waals surface area contributed by atoms with Gasteiger partial charge in [0.25, 0.3) is 11.4 Å². The molecule has 2 rings (SSSR count). The molecule has 10 heteroatoms. The third-order valence-electron chi connectivity index (χ3n) is 4.41. The number of hydrogen-bond donors (Lipinski definition) is 0. The highest BCUT2D eigenvalue weighted by Crippen LogP contribution is 2.13. The van der Waals surface area contributed by atoms with E-state index < -0.39 is 21.8 Å². The molecule has 174 valence electrons. The summed E-state index contributed by atoms with van der Waals surface area (Å²) in [5.74, 6) is 4.14. The Balaban J connectivity index is 1.55. The molecular formula is C24H20N2O8. The third kappa shape index (κ3) is 8.81. The minimum Gasteiger partial charge on any atom is -0.369 e. The van der Waals surface area contributed by atoms with Crippen molar-refractivity contribution < 1.29 is 28.9 Å². The van der Waals surface area contributed by atoms with Crippen LogP contribution in [0.5, 0.6) is 0 Å². The third-order valence-corrected chi connectivity index (χ3v) is 4.41. The number of carbonyl (C=O) groups is 2. The maximum Gasteiger partial charge on any atom is 0.352 e. The van der Waals surface area contributed by atoms with Crippen molar-refractivity contribution in [1.29, 1.82) is 0 Å². The van der Waals surface area contributed by atoms with E-state index in [2.05, 4.69) is 24.1 Å². The molecule has 2 aromatic carbocycles. The molecule has 0 saturated carbocycles. The zero-order valence-electron chi connectivity index (χ0n) is 18.0. The van der Waals surface area contributed by atoms with Crippen LogP contribution in [0.3, 0.4) is 0 Å². The van der Waals surface area contributed by atoms with Gasteiger partial charge >= 0.3 is 11.9 Å². The van der Waals surface area contributed by atoms with Crippen molar-refractivity contribution in [2.45, 2.75) is 38.5 Å². The van der Waals surface area contributed by atoms with Gasteiger partial charge in [-0.1, -0.05) is 24.7 Å². The number of hydrogen-bond acceptors (Lipinski definition) is 8. The molecule has 0 radical (unpaired) electrons. The van der Waals surface area contributed by atoms with Gasteiger partial charge < -0.3 is 9.47 Å². The molecule has 0 heterocycles. The van der Waals surface area contributed by atoms with Crippen LogP contribution in [-0.2, 0) is 9.47 Å². The number of rotatable bonds is 9. The van der Waals surface area contributed by atoms with Gasteiger partial charge in [-0.25, -0.2) is 9.59 Å². The lowest BCUT2D eigenvalue weighted by atomic mass is 10.1. The van der Waals surface area contributed by atoms with Crippen LogP contribution >= 0.6 is 0 Å². The Morgan fingerprint density at radius 1 is 0.647 bits per heavy atom. The molecular weight excluding hydrogens is 444 g/mol.